The molecule has 0 spiro atoms. The molecule has 2 unspecified atom stereocenters. The van der Waals surface area contributed by atoms with E-state index in [2.05, 4.69) is 19.2 Å². The SMILES string of the molecule is COC[C@H]1O[C@@H](C)C(C)C1OCSSCCNC(C)=S. The predicted molar refractivity (Wildman–Crippen MR) is 91.4 cm³/mol. The van der Waals surface area contributed by atoms with E-state index in [1.807, 2.05) is 6.92 Å². The Kier molecular flexibility index (Phi) is 9.48. The third-order valence-corrected chi connectivity index (χ3v) is 5.50. The summed E-state index contributed by atoms with van der Waals surface area (Å²) in [7, 11) is 5.22. The summed E-state index contributed by atoms with van der Waals surface area (Å²) in [6.45, 7) is 7.66. The van der Waals surface area contributed by atoms with Crippen molar-refractivity contribution < 1.29 is 14.2 Å². The van der Waals surface area contributed by atoms with Gasteiger partial charge in [0.15, 0.2) is 0 Å². The first-order chi connectivity index (χ1) is 9.56. The van der Waals surface area contributed by atoms with Gasteiger partial charge in [0.05, 0.1) is 23.8 Å². The molecule has 1 aliphatic heterocycles. The number of thiocarbonyl (C=S) groups is 1. The molecule has 20 heavy (non-hydrogen) atoms. The van der Waals surface area contributed by atoms with Crippen LogP contribution >= 0.6 is 33.8 Å². The molecular formula is C13H25NO3S3. The summed E-state index contributed by atoms with van der Waals surface area (Å²) in [4.78, 5) is 0.847. The summed E-state index contributed by atoms with van der Waals surface area (Å²) in [5, 5.41) is 3.13. The minimum Gasteiger partial charge on any atom is -0.382 e. The van der Waals surface area contributed by atoms with E-state index in [1.165, 1.54) is 0 Å². The highest BCUT2D eigenvalue weighted by Gasteiger charge is 2.40. The van der Waals surface area contributed by atoms with Crippen molar-refractivity contribution in [2.75, 3.05) is 32.0 Å². The largest absolute Gasteiger partial charge is 0.382 e. The highest BCUT2D eigenvalue weighted by molar-refractivity contribution is 8.76. The molecule has 1 rings (SSSR count). The first-order valence-corrected chi connectivity index (χ1v) is 9.70. The maximum absolute atomic E-state index is 5.97. The van der Waals surface area contributed by atoms with Crippen LogP contribution in [0.25, 0.3) is 0 Å². The predicted octanol–water partition coefficient (Wildman–Crippen LogP) is 2.72. The lowest BCUT2D eigenvalue weighted by molar-refractivity contribution is -0.0440. The highest BCUT2D eigenvalue weighted by Crippen LogP contribution is 2.31. The van der Waals surface area contributed by atoms with Crippen LogP contribution in [0.4, 0.5) is 0 Å². The Bertz CT molecular complexity index is 294. The van der Waals surface area contributed by atoms with Crippen LogP contribution in [0.3, 0.4) is 0 Å². The van der Waals surface area contributed by atoms with E-state index in [-0.39, 0.29) is 18.3 Å². The fraction of sp³-hybridized carbons (Fsp3) is 0.923. The highest BCUT2D eigenvalue weighted by atomic mass is 33.1. The standard InChI is InChI=1S/C13H25NO3S3/c1-9-10(2)17-12(7-15-4)13(9)16-8-20-19-6-5-14-11(3)18/h9-10,12-13H,5-8H2,1-4H3,(H,14,18)/t9?,10-,12+,13?/m0/s1. The third kappa shape index (κ3) is 6.49. The minimum atomic E-state index is 0.0507. The molecule has 1 fully saturated rings. The normalized spacial score (nSPS) is 29.6. The van der Waals surface area contributed by atoms with Crippen LogP contribution in [-0.4, -0.2) is 55.3 Å². The quantitative estimate of drug-likeness (QED) is 0.300. The number of nitrogens with one attached hydrogen (secondary N) is 1. The van der Waals surface area contributed by atoms with Crippen LogP contribution in [0.5, 0.6) is 0 Å². The Hall–Kier alpha value is 0.470. The maximum atomic E-state index is 5.97. The molecule has 0 aliphatic carbocycles. The van der Waals surface area contributed by atoms with Gasteiger partial charge in [0, 0.05) is 25.3 Å². The summed E-state index contributed by atoms with van der Waals surface area (Å²) in [5.74, 6) is 2.09. The fourth-order valence-corrected chi connectivity index (χ4v) is 3.77. The van der Waals surface area contributed by atoms with Gasteiger partial charge in [-0.15, -0.1) is 0 Å². The molecule has 0 radical (unpaired) electrons. The van der Waals surface area contributed by atoms with Gasteiger partial charge in [-0.2, -0.15) is 0 Å². The lowest BCUT2D eigenvalue weighted by Gasteiger charge is -2.20. The Morgan fingerprint density at radius 3 is 2.75 bits per heavy atom. The van der Waals surface area contributed by atoms with Crippen LogP contribution in [-0.2, 0) is 14.2 Å². The molecule has 0 aromatic rings. The van der Waals surface area contributed by atoms with Crippen LogP contribution in [0.1, 0.15) is 20.8 Å². The van der Waals surface area contributed by atoms with Gasteiger partial charge < -0.3 is 19.5 Å². The fourth-order valence-electron chi connectivity index (χ4n) is 2.11. The van der Waals surface area contributed by atoms with Crippen molar-refractivity contribution in [2.45, 2.75) is 39.1 Å². The third-order valence-electron chi connectivity index (χ3n) is 3.30. The van der Waals surface area contributed by atoms with Gasteiger partial charge in [-0.1, -0.05) is 40.7 Å². The van der Waals surface area contributed by atoms with Crippen molar-refractivity contribution in [2.24, 2.45) is 5.92 Å². The molecule has 7 heteroatoms. The second kappa shape index (κ2) is 10.2. The number of hydrogen-bond donors (Lipinski definition) is 1. The van der Waals surface area contributed by atoms with Gasteiger partial charge >= 0.3 is 0 Å². The molecule has 118 valence electrons. The smallest absolute Gasteiger partial charge is 0.108 e. The monoisotopic (exact) mass is 339 g/mol. The summed E-state index contributed by atoms with van der Waals surface area (Å²) in [5.41, 5.74) is 0. The number of ether oxygens (including phenoxy) is 3. The Morgan fingerprint density at radius 1 is 1.35 bits per heavy atom. The lowest BCUT2D eigenvalue weighted by atomic mass is 9.99. The minimum absolute atomic E-state index is 0.0507. The van der Waals surface area contributed by atoms with Crippen molar-refractivity contribution >= 4 is 38.8 Å². The maximum Gasteiger partial charge on any atom is 0.108 e. The van der Waals surface area contributed by atoms with Gasteiger partial charge in [-0.3, -0.25) is 0 Å². The summed E-state index contributed by atoms with van der Waals surface area (Å²) in [6.07, 6.45) is 0.404. The van der Waals surface area contributed by atoms with Crippen molar-refractivity contribution in [3.8, 4) is 0 Å². The molecule has 0 saturated carbocycles. The van der Waals surface area contributed by atoms with Gasteiger partial charge in [0.1, 0.15) is 12.0 Å². The Balaban J connectivity index is 2.14. The topological polar surface area (TPSA) is 39.7 Å². The second-order valence-electron chi connectivity index (χ2n) is 4.87. The van der Waals surface area contributed by atoms with Gasteiger partial charge in [-0.05, 0) is 13.8 Å². The van der Waals surface area contributed by atoms with Crippen LogP contribution in [0.15, 0.2) is 0 Å². The molecule has 1 N–H and O–H groups in total. The molecule has 0 aromatic carbocycles. The van der Waals surface area contributed by atoms with E-state index in [0.717, 1.165) is 17.3 Å². The molecule has 0 bridgehead atoms. The van der Waals surface area contributed by atoms with Crippen molar-refractivity contribution in [1.29, 1.82) is 0 Å². The number of rotatable bonds is 9. The van der Waals surface area contributed by atoms with Crippen molar-refractivity contribution in [3.05, 3.63) is 0 Å². The van der Waals surface area contributed by atoms with Gasteiger partial charge in [0.2, 0.25) is 0 Å². The van der Waals surface area contributed by atoms with Crippen LogP contribution in [0.2, 0.25) is 0 Å². The summed E-state index contributed by atoms with van der Waals surface area (Å²) >= 11 is 4.95. The van der Waals surface area contributed by atoms with Crippen LogP contribution in [0, 0.1) is 5.92 Å². The van der Waals surface area contributed by atoms with Gasteiger partial charge in [0.25, 0.3) is 0 Å². The van der Waals surface area contributed by atoms with E-state index in [9.17, 15) is 0 Å². The summed E-state index contributed by atoms with van der Waals surface area (Å²) < 4.78 is 17.0. The number of methoxy groups -OCH3 is 1. The molecule has 0 aromatic heterocycles. The molecule has 0 amide bonds. The zero-order valence-corrected chi connectivity index (χ0v) is 15.0. The second-order valence-corrected chi connectivity index (χ2v) is 8.01. The van der Waals surface area contributed by atoms with E-state index < -0.39 is 0 Å². The number of hydrogen-bond acceptors (Lipinski definition) is 6. The van der Waals surface area contributed by atoms with Gasteiger partial charge in [-0.25, -0.2) is 0 Å². The van der Waals surface area contributed by atoms with Crippen molar-refractivity contribution in [3.63, 3.8) is 0 Å². The molecule has 1 saturated heterocycles. The molecule has 4 atom stereocenters. The first-order valence-electron chi connectivity index (χ1n) is 6.81. The molecule has 1 heterocycles. The zero-order valence-electron chi connectivity index (χ0n) is 12.6. The lowest BCUT2D eigenvalue weighted by Crippen LogP contribution is -2.32. The average Bonchev–Trinajstić information content (AvgIpc) is 2.65. The van der Waals surface area contributed by atoms with Crippen LogP contribution < -0.4 is 5.32 Å². The first kappa shape index (κ1) is 18.5. The average molecular weight is 340 g/mol. The molecular weight excluding hydrogens is 314 g/mol. The zero-order chi connectivity index (χ0) is 15.0. The molecule has 4 nitrogen and oxygen atoms in total. The Labute approximate surface area is 135 Å². The van der Waals surface area contributed by atoms with E-state index in [0.29, 0.717) is 18.5 Å². The van der Waals surface area contributed by atoms with E-state index in [4.69, 9.17) is 26.4 Å². The summed E-state index contributed by atoms with van der Waals surface area (Å²) in [6, 6.07) is 0. The van der Waals surface area contributed by atoms with E-state index in [1.54, 1.807) is 28.7 Å². The molecule has 1 aliphatic rings. The van der Waals surface area contributed by atoms with Crippen molar-refractivity contribution in [1.82, 2.24) is 5.32 Å². The van der Waals surface area contributed by atoms with E-state index >= 15 is 0 Å². The Morgan fingerprint density at radius 2 is 2.10 bits per heavy atom.